The molecule has 5 heteroatoms. The van der Waals surface area contributed by atoms with E-state index in [2.05, 4.69) is 15.3 Å². The lowest BCUT2D eigenvalue weighted by atomic mass is 10.3. The number of ether oxygens (including phenoxy) is 1. The summed E-state index contributed by atoms with van der Waals surface area (Å²) in [6.07, 6.45) is 6.37. The fraction of sp³-hybridized carbons (Fsp3) is 0.400. The van der Waals surface area contributed by atoms with Crippen molar-refractivity contribution in [2.75, 3.05) is 20.7 Å². The van der Waals surface area contributed by atoms with E-state index in [0.717, 1.165) is 24.3 Å². The maximum absolute atomic E-state index is 5.08. The van der Waals surface area contributed by atoms with Gasteiger partial charge in [-0.3, -0.25) is 4.40 Å². The zero-order valence-electron chi connectivity index (χ0n) is 8.90. The summed E-state index contributed by atoms with van der Waals surface area (Å²) in [4.78, 5) is 8.36. The largest absolute Gasteiger partial charge is 0.480 e. The summed E-state index contributed by atoms with van der Waals surface area (Å²) in [5, 5.41) is 3.11. The number of methoxy groups -OCH3 is 1. The quantitative estimate of drug-likeness (QED) is 0.791. The highest BCUT2D eigenvalue weighted by Gasteiger charge is 2.04. The van der Waals surface area contributed by atoms with E-state index in [1.54, 1.807) is 13.3 Å². The average Bonchev–Trinajstić information content (AvgIpc) is 2.68. The van der Waals surface area contributed by atoms with Gasteiger partial charge in [-0.15, -0.1) is 0 Å². The van der Waals surface area contributed by atoms with Crippen LogP contribution in [0.15, 0.2) is 18.6 Å². The first-order chi connectivity index (χ1) is 7.35. The van der Waals surface area contributed by atoms with Crippen molar-refractivity contribution in [1.82, 2.24) is 19.7 Å². The molecule has 0 aliphatic rings. The smallest absolute Gasteiger partial charge is 0.230 e. The first kappa shape index (κ1) is 9.92. The molecule has 15 heavy (non-hydrogen) atoms. The van der Waals surface area contributed by atoms with Gasteiger partial charge in [-0.2, -0.15) is 0 Å². The zero-order chi connectivity index (χ0) is 10.7. The Morgan fingerprint density at radius 3 is 3.00 bits per heavy atom. The number of nitrogens with one attached hydrogen (secondary N) is 1. The van der Waals surface area contributed by atoms with E-state index >= 15 is 0 Å². The number of aromatic nitrogens is 3. The molecule has 0 unspecified atom stereocenters. The SMILES string of the molecule is CNCCc1cnc2cnc(OC)cn12. The Morgan fingerprint density at radius 1 is 1.40 bits per heavy atom. The number of hydrogen-bond acceptors (Lipinski definition) is 4. The second kappa shape index (κ2) is 4.27. The van der Waals surface area contributed by atoms with Crippen molar-refractivity contribution in [2.45, 2.75) is 6.42 Å². The standard InChI is InChI=1S/C10H14N4O/c1-11-4-3-8-5-12-9-6-13-10(15-2)7-14(8)9/h5-7,11H,3-4H2,1-2H3. The van der Waals surface area contributed by atoms with Crippen LogP contribution in [0.25, 0.3) is 5.65 Å². The molecule has 0 aliphatic carbocycles. The van der Waals surface area contributed by atoms with Gasteiger partial charge < -0.3 is 10.1 Å². The minimum absolute atomic E-state index is 0.603. The molecule has 0 saturated heterocycles. The van der Waals surface area contributed by atoms with Gasteiger partial charge >= 0.3 is 0 Å². The van der Waals surface area contributed by atoms with Gasteiger partial charge in [0.05, 0.1) is 19.5 Å². The van der Waals surface area contributed by atoms with Crippen LogP contribution in [0.5, 0.6) is 5.88 Å². The molecule has 0 bridgehead atoms. The van der Waals surface area contributed by atoms with Gasteiger partial charge in [-0.1, -0.05) is 0 Å². The lowest BCUT2D eigenvalue weighted by Gasteiger charge is -2.03. The number of nitrogens with zero attached hydrogens (tertiary/aromatic N) is 3. The molecule has 0 fully saturated rings. The van der Waals surface area contributed by atoms with Crippen LogP contribution in [0.2, 0.25) is 0 Å². The van der Waals surface area contributed by atoms with Crippen molar-refractivity contribution in [3.8, 4) is 5.88 Å². The van der Waals surface area contributed by atoms with Crippen LogP contribution in [0.1, 0.15) is 5.69 Å². The van der Waals surface area contributed by atoms with E-state index in [4.69, 9.17) is 4.74 Å². The van der Waals surface area contributed by atoms with Crippen LogP contribution in [0.3, 0.4) is 0 Å². The Balaban J connectivity index is 2.38. The first-order valence-electron chi connectivity index (χ1n) is 4.85. The topological polar surface area (TPSA) is 51.5 Å². The molecule has 80 valence electrons. The second-order valence-corrected chi connectivity index (χ2v) is 3.26. The van der Waals surface area contributed by atoms with Gasteiger partial charge in [-0.25, -0.2) is 9.97 Å². The van der Waals surface area contributed by atoms with Gasteiger partial charge in [0.15, 0.2) is 5.65 Å². The molecule has 0 amide bonds. The van der Waals surface area contributed by atoms with Crippen LogP contribution in [0.4, 0.5) is 0 Å². The minimum Gasteiger partial charge on any atom is -0.480 e. The van der Waals surface area contributed by atoms with Gasteiger partial charge in [-0.05, 0) is 7.05 Å². The molecule has 1 N–H and O–H groups in total. The summed E-state index contributed by atoms with van der Waals surface area (Å²) in [6, 6.07) is 0. The summed E-state index contributed by atoms with van der Waals surface area (Å²) in [7, 11) is 3.55. The normalized spacial score (nSPS) is 10.8. The maximum atomic E-state index is 5.08. The van der Waals surface area contributed by atoms with Crippen LogP contribution in [-0.2, 0) is 6.42 Å². The summed E-state index contributed by atoms with van der Waals surface area (Å²) >= 11 is 0. The molecular weight excluding hydrogens is 192 g/mol. The number of imidazole rings is 1. The molecule has 0 radical (unpaired) electrons. The third-order valence-electron chi connectivity index (χ3n) is 2.29. The van der Waals surface area contributed by atoms with E-state index in [1.807, 2.05) is 23.8 Å². The van der Waals surface area contributed by atoms with E-state index in [1.165, 1.54) is 0 Å². The van der Waals surface area contributed by atoms with Crippen molar-refractivity contribution >= 4 is 5.65 Å². The number of likely N-dealkylation sites (N-methyl/N-ethyl adjacent to an activating group) is 1. The van der Waals surface area contributed by atoms with Crippen molar-refractivity contribution in [3.05, 3.63) is 24.3 Å². The molecule has 2 aromatic rings. The number of fused-ring (bicyclic) bond motifs is 1. The van der Waals surface area contributed by atoms with E-state index in [0.29, 0.717) is 5.88 Å². The summed E-state index contributed by atoms with van der Waals surface area (Å²) in [5.74, 6) is 0.603. The fourth-order valence-corrected chi connectivity index (χ4v) is 1.47. The average molecular weight is 206 g/mol. The van der Waals surface area contributed by atoms with Gasteiger partial charge in [0, 0.05) is 24.9 Å². The Labute approximate surface area is 88.1 Å². The number of hydrogen-bond donors (Lipinski definition) is 1. The minimum atomic E-state index is 0.603. The predicted molar refractivity (Wildman–Crippen MR) is 57.2 cm³/mol. The molecule has 0 aliphatic heterocycles. The summed E-state index contributed by atoms with van der Waals surface area (Å²) < 4.78 is 7.08. The molecular formula is C10H14N4O. The van der Waals surface area contributed by atoms with E-state index in [-0.39, 0.29) is 0 Å². The third kappa shape index (κ3) is 1.92. The van der Waals surface area contributed by atoms with Gasteiger partial charge in [0.2, 0.25) is 5.88 Å². The molecule has 5 nitrogen and oxygen atoms in total. The Hall–Kier alpha value is -1.62. The lowest BCUT2D eigenvalue weighted by molar-refractivity contribution is 0.395. The van der Waals surface area contributed by atoms with Crippen LogP contribution >= 0.6 is 0 Å². The van der Waals surface area contributed by atoms with Crippen molar-refractivity contribution < 1.29 is 4.74 Å². The molecule has 2 heterocycles. The van der Waals surface area contributed by atoms with E-state index in [9.17, 15) is 0 Å². The Bertz CT molecular complexity index is 452. The number of rotatable bonds is 4. The Morgan fingerprint density at radius 2 is 2.27 bits per heavy atom. The molecule has 0 saturated carbocycles. The summed E-state index contributed by atoms with van der Waals surface area (Å²) in [5.41, 5.74) is 2.00. The highest BCUT2D eigenvalue weighted by molar-refractivity contribution is 5.39. The lowest BCUT2D eigenvalue weighted by Crippen LogP contribution is -2.11. The van der Waals surface area contributed by atoms with Crippen LogP contribution < -0.4 is 10.1 Å². The maximum Gasteiger partial charge on any atom is 0.230 e. The van der Waals surface area contributed by atoms with Crippen molar-refractivity contribution in [2.24, 2.45) is 0 Å². The molecule has 0 spiro atoms. The van der Waals surface area contributed by atoms with Gasteiger partial charge in [0.25, 0.3) is 0 Å². The highest BCUT2D eigenvalue weighted by atomic mass is 16.5. The first-order valence-corrected chi connectivity index (χ1v) is 4.85. The molecule has 2 aromatic heterocycles. The fourth-order valence-electron chi connectivity index (χ4n) is 1.47. The third-order valence-corrected chi connectivity index (χ3v) is 2.29. The molecule has 2 rings (SSSR count). The Kier molecular flexibility index (Phi) is 2.82. The molecule has 0 aromatic carbocycles. The zero-order valence-corrected chi connectivity index (χ0v) is 8.90. The monoisotopic (exact) mass is 206 g/mol. The highest BCUT2D eigenvalue weighted by Crippen LogP contribution is 2.11. The summed E-state index contributed by atoms with van der Waals surface area (Å²) in [6.45, 7) is 0.929. The van der Waals surface area contributed by atoms with Crippen molar-refractivity contribution in [1.29, 1.82) is 0 Å². The van der Waals surface area contributed by atoms with E-state index < -0.39 is 0 Å². The second-order valence-electron chi connectivity index (χ2n) is 3.26. The van der Waals surface area contributed by atoms with Gasteiger partial charge in [0.1, 0.15) is 0 Å². The predicted octanol–water partition coefficient (Wildman–Crippen LogP) is 0.500. The molecule has 0 atom stereocenters. The van der Waals surface area contributed by atoms with Crippen LogP contribution in [-0.4, -0.2) is 35.1 Å². The van der Waals surface area contributed by atoms with Crippen LogP contribution in [0, 0.1) is 0 Å². The van der Waals surface area contributed by atoms with Crippen molar-refractivity contribution in [3.63, 3.8) is 0 Å².